The predicted molar refractivity (Wildman–Crippen MR) is 103 cm³/mol. The predicted octanol–water partition coefficient (Wildman–Crippen LogP) is 2.94. The van der Waals surface area contributed by atoms with Crippen molar-refractivity contribution in [2.75, 3.05) is 7.11 Å². The molecule has 1 amide bonds. The second kappa shape index (κ2) is 7.70. The summed E-state index contributed by atoms with van der Waals surface area (Å²) in [6, 6.07) is 12.0. The summed E-state index contributed by atoms with van der Waals surface area (Å²) in [6.45, 7) is 3.88. The van der Waals surface area contributed by atoms with Crippen LogP contribution in [0.4, 0.5) is 0 Å². The van der Waals surface area contributed by atoms with Crippen LogP contribution in [0.1, 0.15) is 47.3 Å². The Kier molecular flexibility index (Phi) is 5.53. The van der Waals surface area contributed by atoms with Crippen molar-refractivity contribution in [3.8, 4) is 5.75 Å². The fourth-order valence-corrected chi connectivity index (χ4v) is 4.44. The molecule has 1 fully saturated rings. The molecule has 1 atom stereocenters. The van der Waals surface area contributed by atoms with Gasteiger partial charge in [-0.1, -0.05) is 24.3 Å². The van der Waals surface area contributed by atoms with Gasteiger partial charge in [-0.15, -0.1) is 0 Å². The Morgan fingerprint density at radius 2 is 1.89 bits per heavy atom. The van der Waals surface area contributed by atoms with Gasteiger partial charge in [0.1, 0.15) is 10.6 Å². The van der Waals surface area contributed by atoms with E-state index in [0.717, 1.165) is 24.0 Å². The number of amides is 1. The largest absolute Gasteiger partial charge is 0.495 e. The number of hydrogen-bond donors (Lipinski definition) is 2. The van der Waals surface area contributed by atoms with E-state index in [4.69, 9.17) is 4.74 Å². The van der Waals surface area contributed by atoms with E-state index >= 15 is 0 Å². The third-order valence-corrected chi connectivity index (χ3v) is 6.16. The van der Waals surface area contributed by atoms with Crippen molar-refractivity contribution in [3.63, 3.8) is 0 Å². The van der Waals surface area contributed by atoms with Gasteiger partial charge < -0.3 is 10.1 Å². The standard InChI is InChI=1S/C20H24N2O4S/c1-13-6-4-5-7-17(13)14(2)21-20(23)15-8-11-18(26-3)19(12-15)27(24,25)22-16-9-10-16/h4-8,11-12,14,16,22H,9-10H2,1-3H3,(H,21,23)/t14-/m0/s1. The highest BCUT2D eigenvalue weighted by Crippen LogP contribution is 2.28. The molecule has 2 aromatic rings. The van der Waals surface area contributed by atoms with E-state index in [9.17, 15) is 13.2 Å². The third kappa shape index (κ3) is 4.48. The third-order valence-electron chi connectivity index (χ3n) is 4.62. The lowest BCUT2D eigenvalue weighted by molar-refractivity contribution is 0.0939. The molecule has 0 spiro atoms. The van der Waals surface area contributed by atoms with E-state index in [2.05, 4.69) is 10.0 Å². The average molecular weight is 388 g/mol. The number of aryl methyl sites for hydroxylation is 1. The molecular formula is C20H24N2O4S. The van der Waals surface area contributed by atoms with Crippen LogP contribution in [0.25, 0.3) is 0 Å². The molecule has 144 valence electrons. The first-order valence-electron chi connectivity index (χ1n) is 8.88. The lowest BCUT2D eigenvalue weighted by Gasteiger charge is -2.17. The normalized spacial score (nSPS) is 15.2. The minimum atomic E-state index is -3.74. The van der Waals surface area contributed by atoms with Crippen molar-refractivity contribution in [1.82, 2.24) is 10.0 Å². The summed E-state index contributed by atoms with van der Waals surface area (Å²) in [4.78, 5) is 12.7. The molecule has 0 bridgehead atoms. The van der Waals surface area contributed by atoms with E-state index in [0.29, 0.717) is 0 Å². The van der Waals surface area contributed by atoms with Crippen molar-refractivity contribution in [2.24, 2.45) is 0 Å². The molecule has 2 aromatic carbocycles. The quantitative estimate of drug-likeness (QED) is 0.764. The van der Waals surface area contributed by atoms with Crippen LogP contribution >= 0.6 is 0 Å². The minimum absolute atomic E-state index is 0.0203. The van der Waals surface area contributed by atoms with E-state index in [-0.39, 0.29) is 34.2 Å². The molecule has 6 nitrogen and oxygen atoms in total. The molecule has 1 saturated carbocycles. The number of hydrogen-bond acceptors (Lipinski definition) is 4. The lowest BCUT2D eigenvalue weighted by Crippen LogP contribution is -2.29. The van der Waals surface area contributed by atoms with Crippen LogP contribution in [0, 0.1) is 6.92 Å². The summed E-state index contributed by atoms with van der Waals surface area (Å²) >= 11 is 0. The van der Waals surface area contributed by atoms with E-state index < -0.39 is 10.0 Å². The molecule has 7 heteroatoms. The molecular weight excluding hydrogens is 364 g/mol. The average Bonchev–Trinajstić information content (AvgIpc) is 3.44. The van der Waals surface area contributed by atoms with Crippen LogP contribution in [0.5, 0.6) is 5.75 Å². The van der Waals surface area contributed by atoms with Crippen LogP contribution in [0.2, 0.25) is 0 Å². The van der Waals surface area contributed by atoms with Gasteiger partial charge in [0.25, 0.3) is 5.91 Å². The fourth-order valence-electron chi connectivity index (χ4n) is 2.94. The second-order valence-electron chi connectivity index (χ2n) is 6.81. The van der Waals surface area contributed by atoms with Crippen LogP contribution in [-0.2, 0) is 10.0 Å². The highest BCUT2D eigenvalue weighted by molar-refractivity contribution is 7.89. The first-order chi connectivity index (χ1) is 12.8. The van der Waals surface area contributed by atoms with Crippen LogP contribution in [0.15, 0.2) is 47.4 Å². The lowest BCUT2D eigenvalue weighted by atomic mass is 10.0. The Hall–Kier alpha value is -2.38. The highest BCUT2D eigenvalue weighted by atomic mass is 32.2. The smallest absolute Gasteiger partial charge is 0.251 e. The Bertz CT molecular complexity index is 952. The number of methoxy groups -OCH3 is 1. The van der Waals surface area contributed by atoms with Gasteiger partial charge in [-0.05, 0) is 56.0 Å². The first kappa shape index (κ1) is 19.4. The molecule has 1 aliphatic rings. The molecule has 0 aliphatic heterocycles. The molecule has 2 N–H and O–H groups in total. The number of benzene rings is 2. The zero-order valence-electron chi connectivity index (χ0n) is 15.7. The van der Waals surface area contributed by atoms with Crippen molar-refractivity contribution >= 4 is 15.9 Å². The van der Waals surface area contributed by atoms with Crippen molar-refractivity contribution in [2.45, 2.75) is 43.7 Å². The fraction of sp³-hybridized carbons (Fsp3) is 0.350. The molecule has 0 heterocycles. The number of nitrogens with one attached hydrogen (secondary N) is 2. The first-order valence-corrected chi connectivity index (χ1v) is 10.4. The van der Waals surface area contributed by atoms with Gasteiger partial charge in [0.2, 0.25) is 10.0 Å². The summed E-state index contributed by atoms with van der Waals surface area (Å²) in [7, 11) is -2.33. The molecule has 0 saturated heterocycles. The maximum atomic E-state index is 12.7. The Balaban J connectivity index is 1.85. The van der Waals surface area contributed by atoms with Crippen LogP contribution in [0.3, 0.4) is 0 Å². The molecule has 0 aromatic heterocycles. The molecule has 27 heavy (non-hydrogen) atoms. The summed E-state index contributed by atoms with van der Waals surface area (Å²) in [5, 5.41) is 2.93. The maximum absolute atomic E-state index is 12.7. The Morgan fingerprint density at radius 1 is 1.19 bits per heavy atom. The number of rotatable bonds is 7. The zero-order chi connectivity index (χ0) is 19.6. The van der Waals surface area contributed by atoms with Crippen molar-refractivity contribution in [1.29, 1.82) is 0 Å². The van der Waals surface area contributed by atoms with E-state index in [1.807, 2.05) is 38.1 Å². The summed E-state index contributed by atoms with van der Waals surface area (Å²) in [5.74, 6) is -0.122. The topological polar surface area (TPSA) is 84.5 Å². The molecule has 1 aliphatic carbocycles. The van der Waals surface area contributed by atoms with E-state index in [1.54, 1.807) is 6.07 Å². The van der Waals surface area contributed by atoms with E-state index in [1.165, 1.54) is 19.2 Å². The number of sulfonamides is 1. The molecule has 0 unspecified atom stereocenters. The SMILES string of the molecule is COc1ccc(C(=O)N[C@@H](C)c2ccccc2C)cc1S(=O)(=O)NC1CC1. The Labute approximate surface area is 160 Å². The second-order valence-corrected chi connectivity index (χ2v) is 8.50. The van der Waals surface area contributed by atoms with Crippen molar-refractivity contribution in [3.05, 3.63) is 59.2 Å². The number of ether oxygens (including phenoxy) is 1. The van der Waals surface area contributed by atoms with Gasteiger partial charge in [-0.3, -0.25) is 4.79 Å². The van der Waals surface area contributed by atoms with Gasteiger partial charge in [-0.25, -0.2) is 13.1 Å². The van der Waals surface area contributed by atoms with Crippen LogP contribution in [-0.4, -0.2) is 27.5 Å². The Morgan fingerprint density at radius 3 is 2.52 bits per heavy atom. The van der Waals surface area contributed by atoms with Gasteiger partial charge in [-0.2, -0.15) is 0 Å². The van der Waals surface area contributed by atoms with Crippen molar-refractivity contribution < 1.29 is 17.9 Å². The monoisotopic (exact) mass is 388 g/mol. The maximum Gasteiger partial charge on any atom is 0.251 e. The molecule has 3 rings (SSSR count). The number of carbonyl (C=O) groups is 1. The summed E-state index contributed by atoms with van der Waals surface area (Å²) in [6.07, 6.45) is 1.66. The van der Waals surface area contributed by atoms with Gasteiger partial charge in [0.05, 0.1) is 13.2 Å². The summed E-state index contributed by atoms with van der Waals surface area (Å²) in [5.41, 5.74) is 2.37. The number of carbonyl (C=O) groups excluding carboxylic acids is 1. The van der Waals surface area contributed by atoms with Crippen LogP contribution < -0.4 is 14.8 Å². The zero-order valence-corrected chi connectivity index (χ0v) is 16.5. The highest BCUT2D eigenvalue weighted by Gasteiger charge is 2.30. The summed E-state index contributed by atoms with van der Waals surface area (Å²) < 4.78 is 33.0. The molecule has 0 radical (unpaired) electrons. The van der Waals surface area contributed by atoms with Gasteiger partial charge in [0, 0.05) is 11.6 Å². The van der Waals surface area contributed by atoms with Gasteiger partial charge in [0.15, 0.2) is 0 Å². The van der Waals surface area contributed by atoms with Gasteiger partial charge >= 0.3 is 0 Å². The minimum Gasteiger partial charge on any atom is -0.495 e.